The van der Waals surface area contributed by atoms with Crippen LogP contribution in [0.15, 0.2) is 23.0 Å². The molecule has 0 amide bonds. The van der Waals surface area contributed by atoms with Gasteiger partial charge in [0.1, 0.15) is 0 Å². The normalized spacial score (nSPS) is 35.1. The number of furan rings is 1. The zero-order valence-corrected chi connectivity index (χ0v) is 16.8. The van der Waals surface area contributed by atoms with Crippen LogP contribution in [0.1, 0.15) is 69.8 Å². The molecule has 27 heavy (non-hydrogen) atoms. The lowest BCUT2D eigenvalue weighted by Crippen LogP contribution is -2.42. The lowest BCUT2D eigenvalue weighted by molar-refractivity contribution is -0.0521. The van der Waals surface area contributed by atoms with Crippen molar-refractivity contribution in [3.05, 3.63) is 24.2 Å². The van der Waals surface area contributed by atoms with Gasteiger partial charge in [0.25, 0.3) is 0 Å². The monoisotopic (exact) mass is 375 g/mol. The first-order valence-electron chi connectivity index (χ1n) is 11.2. The van der Waals surface area contributed by atoms with Crippen molar-refractivity contribution in [2.45, 2.75) is 76.2 Å². The van der Waals surface area contributed by atoms with Crippen molar-refractivity contribution < 1.29 is 14.3 Å². The van der Waals surface area contributed by atoms with Gasteiger partial charge in [-0.3, -0.25) is 0 Å². The van der Waals surface area contributed by atoms with Crippen LogP contribution in [-0.2, 0) is 11.2 Å². The van der Waals surface area contributed by atoms with E-state index in [1.54, 1.807) is 12.5 Å². The Labute approximate surface area is 164 Å². The molecule has 4 rings (SSSR count). The highest BCUT2D eigenvalue weighted by molar-refractivity contribution is 5.11. The summed E-state index contributed by atoms with van der Waals surface area (Å²) in [7, 11) is 0. The number of likely N-dealkylation sites (tertiary alicyclic amines) is 1. The molecule has 0 unspecified atom stereocenters. The molecule has 2 heterocycles. The number of nitrogens with zero attached hydrogens (tertiary/aromatic N) is 1. The molecule has 1 saturated heterocycles. The molecule has 4 heteroatoms. The van der Waals surface area contributed by atoms with Gasteiger partial charge < -0.3 is 19.2 Å². The van der Waals surface area contributed by atoms with Crippen molar-refractivity contribution in [3.63, 3.8) is 0 Å². The molecule has 0 atom stereocenters. The van der Waals surface area contributed by atoms with Gasteiger partial charge in [0.15, 0.2) is 0 Å². The number of rotatable bonds is 7. The van der Waals surface area contributed by atoms with E-state index in [9.17, 15) is 5.11 Å². The maximum Gasteiger partial charge on any atom is 0.0935 e. The Bertz CT molecular complexity index is 546. The molecule has 2 aliphatic carbocycles. The van der Waals surface area contributed by atoms with Crippen LogP contribution in [0.25, 0.3) is 0 Å². The predicted octanol–water partition coefficient (Wildman–Crippen LogP) is 4.42. The Morgan fingerprint density at radius 2 is 1.81 bits per heavy atom. The summed E-state index contributed by atoms with van der Waals surface area (Å²) < 4.78 is 11.2. The minimum absolute atomic E-state index is 0.495. The van der Waals surface area contributed by atoms with Crippen LogP contribution in [0.4, 0.5) is 0 Å². The van der Waals surface area contributed by atoms with E-state index in [1.165, 1.54) is 64.5 Å². The highest BCUT2D eigenvalue weighted by Gasteiger charge is 2.43. The van der Waals surface area contributed by atoms with Crippen LogP contribution in [0.3, 0.4) is 0 Å². The van der Waals surface area contributed by atoms with Crippen LogP contribution in [-0.4, -0.2) is 48.5 Å². The highest BCUT2D eigenvalue weighted by Crippen LogP contribution is 2.51. The van der Waals surface area contributed by atoms with E-state index in [0.29, 0.717) is 5.41 Å². The Morgan fingerprint density at radius 3 is 2.48 bits per heavy atom. The highest BCUT2D eigenvalue weighted by atomic mass is 16.5. The predicted molar refractivity (Wildman–Crippen MR) is 107 cm³/mol. The fraction of sp³-hybridized carbons (Fsp3) is 0.826. The van der Waals surface area contributed by atoms with Crippen molar-refractivity contribution in [1.29, 1.82) is 0 Å². The molecule has 1 aliphatic heterocycles. The summed E-state index contributed by atoms with van der Waals surface area (Å²) in [6.45, 7) is 5.51. The first kappa shape index (κ1) is 19.5. The Morgan fingerprint density at radius 1 is 1.07 bits per heavy atom. The van der Waals surface area contributed by atoms with Gasteiger partial charge in [-0.05, 0) is 100 Å². The second kappa shape index (κ2) is 8.67. The minimum atomic E-state index is -0.523. The fourth-order valence-electron chi connectivity index (χ4n) is 5.60. The van der Waals surface area contributed by atoms with Crippen LogP contribution < -0.4 is 0 Å². The molecule has 3 fully saturated rings. The first-order chi connectivity index (χ1) is 13.1. The van der Waals surface area contributed by atoms with Crippen molar-refractivity contribution in [2.75, 3.05) is 32.8 Å². The third kappa shape index (κ3) is 5.16. The maximum atomic E-state index is 11.0. The molecule has 2 saturated carbocycles. The molecule has 1 N–H and O–H groups in total. The number of hydrogen-bond donors (Lipinski definition) is 1. The molecule has 0 bridgehead atoms. The summed E-state index contributed by atoms with van der Waals surface area (Å²) in [6.07, 6.45) is 16.5. The van der Waals surface area contributed by atoms with Gasteiger partial charge in [0, 0.05) is 19.6 Å². The van der Waals surface area contributed by atoms with Gasteiger partial charge >= 0.3 is 0 Å². The third-order valence-electron chi connectivity index (χ3n) is 7.62. The Kier molecular flexibility index (Phi) is 6.25. The van der Waals surface area contributed by atoms with Gasteiger partial charge in [-0.25, -0.2) is 0 Å². The van der Waals surface area contributed by atoms with Crippen LogP contribution in [0.5, 0.6) is 0 Å². The standard InChI is InChI=1S/C23H37NO3/c25-23(17-21-5-15-26-19-21)10-8-22(9-11-23)6-3-20(4-7-22)18-27-16-14-24-12-1-2-13-24/h5,15,19-20,25H,1-4,6-14,16-18H2. The second-order valence-electron chi connectivity index (χ2n) is 9.60. The maximum absolute atomic E-state index is 11.0. The fourth-order valence-corrected chi connectivity index (χ4v) is 5.60. The number of hydrogen-bond acceptors (Lipinski definition) is 4. The molecular weight excluding hydrogens is 338 g/mol. The largest absolute Gasteiger partial charge is 0.472 e. The average molecular weight is 376 g/mol. The minimum Gasteiger partial charge on any atom is -0.472 e. The topological polar surface area (TPSA) is 45.8 Å². The van der Waals surface area contributed by atoms with Gasteiger partial charge in [0.2, 0.25) is 0 Å². The Balaban J connectivity index is 1.15. The van der Waals surface area contributed by atoms with Crippen molar-refractivity contribution in [1.82, 2.24) is 4.90 Å². The molecule has 152 valence electrons. The van der Waals surface area contributed by atoms with Gasteiger partial charge in [0.05, 0.1) is 24.7 Å². The summed E-state index contributed by atoms with van der Waals surface area (Å²) in [6, 6.07) is 1.98. The SMILES string of the molecule is OC1(Cc2ccoc2)CCC2(CCC(COCCN3CCCC3)CC2)CC1. The van der Waals surface area contributed by atoms with E-state index in [0.717, 1.165) is 50.5 Å². The lowest BCUT2D eigenvalue weighted by Gasteiger charge is -2.47. The molecular formula is C23H37NO3. The quantitative estimate of drug-likeness (QED) is 0.717. The average Bonchev–Trinajstić information content (AvgIpc) is 3.37. The number of ether oxygens (including phenoxy) is 1. The zero-order valence-electron chi connectivity index (χ0n) is 16.8. The molecule has 4 nitrogen and oxygen atoms in total. The zero-order chi connectivity index (χ0) is 18.6. The van der Waals surface area contributed by atoms with Crippen LogP contribution in [0.2, 0.25) is 0 Å². The molecule has 1 spiro atoms. The van der Waals surface area contributed by atoms with E-state index in [-0.39, 0.29) is 0 Å². The molecule has 3 aliphatic rings. The molecule has 1 aromatic heterocycles. The third-order valence-corrected chi connectivity index (χ3v) is 7.62. The molecule has 0 radical (unpaired) electrons. The van der Waals surface area contributed by atoms with Crippen molar-refractivity contribution in [3.8, 4) is 0 Å². The Hall–Kier alpha value is -0.840. The summed E-state index contributed by atoms with van der Waals surface area (Å²) in [4.78, 5) is 2.53. The summed E-state index contributed by atoms with van der Waals surface area (Å²) in [5.74, 6) is 0.751. The van der Waals surface area contributed by atoms with E-state index in [4.69, 9.17) is 9.15 Å². The number of aliphatic hydroxyl groups is 1. The van der Waals surface area contributed by atoms with E-state index in [1.807, 2.05) is 6.07 Å². The molecule has 0 aromatic carbocycles. The van der Waals surface area contributed by atoms with Gasteiger partial charge in [-0.15, -0.1) is 0 Å². The van der Waals surface area contributed by atoms with E-state index < -0.39 is 5.60 Å². The second-order valence-corrected chi connectivity index (χ2v) is 9.60. The van der Waals surface area contributed by atoms with Gasteiger partial charge in [-0.1, -0.05) is 0 Å². The summed E-state index contributed by atoms with van der Waals surface area (Å²) in [5, 5.41) is 11.0. The van der Waals surface area contributed by atoms with Crippen LogP contribution in [0, 0.1) is 11.3 Å². The smallest absolute Gasteiger partial charge is 0.0935 e. The van der Waals surface area contributed by atoms with Crippen molar-refractivity contribution in [2.24, 2.45) is 11.3 Å². The van der Waals surface area contributed by atoms with Gasteiger partial charge in [-0.2, -0.15) is 0 Å². The van der Waals surface area contributed by atoms with E-state index in [2.05, 4.69) is 4.90 Å². The molecule has 1 aromatic rings. The van der Waals surface area contributed by atoms with E-state index >= 15 is 0 Å². The van der Waals surface area contributed by atoms with Crippen molar-refractivity contribution >= 4 is 0 Å². The summed E-state index contributed by atoms with van der Waals surface area (Å²) >= 11 is 0. The van der Waals surface area contributed by atoms with Crippen LogP contribution >= 0.6 is 0 Å². The summed E-state index contributed by atoms with van der Waals surface area (Å²) in [5.41, 5.74) is 1.10. The first-order valence-corrected chi connectivity index (χ1v) is 11.2. The lowest BCUT2D eigenvalue weighted by atomic mass is 9.60.